The molecule has 5 heteroatoms. The zero-order valence-corrected chi connectivity index (χ0v) is 11.9. The minimum absolute atomic E-state index is 0.00368. The van der Waals surface area contributed by atoms with Gasteiger partial charge in [0.1, 0.15) is 0 Å². The number of carboxylic acid groups (broad SMARTS) is 1. The van der Waals surface area contributed by atoms with Crippen LogP contribution in [-0.4, -0.2) is 35.1 Å². The number of carboxylic acids is 1. The maximum absolute atomic E-state index is 12.2. The summed E-state index contributed by atoms with van der Waals surface area (Å²) in [5.41, 5.74) is 1.45. The highest BCUT2D eigenvalue weighted by Gasteiger charge is 2.37. The van der Waals surface area contributed by atoms with Gasteiger partial charge in [0.2, 0.25) is 0 Å². The van der Waals surface area contributed by atoms with E-state index in [1.54, 1.807) is 24.3 Å². The van der Waals surface area contributed by atoms with Gasteiger partial charge in [0.15, 0.2) is 0 Å². The van der Waals surface area contributed by atoms with Crippen molar-refractivity contribution in [2.45, 2.75) is 25.7 Å². The van der Waals surface area contributed by atoms with Crippen LogP contribution in [0.25, 0.3) is 0 Å². The summed E-state index contributed by atoms with van der Waals surface area (Å²) in [6, 6.07) is 6.95. The average molecular weight is 288 g/mol. The normalized spacial score (nSPS) is 23.9. The van der Waals surface area contributed by atoms with Crippen LogP contribution in [0.2, 0.25) is 0 Å². The largest absolute Gasteiger partial charge is 0.481 e. The van der Waals surface area contributed by atoms with Crippen LogP contribution in [0.4, 0.5) is 10.5 Å². The van der Waals surface area contributed by atoms with Gasteiger partial charge < -0.3 is 15.3 Å². The Morgan fingerprint density at radius 1 is 1.14 bits per heavy atom. The molecule has 21 heavy (non-hydrogen) atoms. The highest BCUT2D eigenvalue weighted by Crippen LogP contribution is 2.37. The molecule has 0 bridgehead atoms. The first-order valence-electron chi connectivity index (χ1n) is 7.48. The van der Waals surface area contributed by atoms with E-state index < -0.39 is 5.97 Å². The van der Waals surface area contributed by atoms with Gasteiger partial charge >= 0.3 is 12.0 Å². The van der Waals surface area contributed by atoms with Crippen molar-refractivity contribution in [1.82, 2.24) is 4.90 Å². The molecule has 1 aliphatic carbocycles. The molecule has 2 atom stereocenters. The van der Waals surface area contributed by atoms with Gasteiger partial charge in [0.05, 0.1) is 6.42 Å². The quantitative estimate of drug-likeness (QED) is 0.898. The highest BCUT2D eigenvalue weighted by atomic mass is 16.4. The number of nitrogens with zero attached hydrogens (tertiary/aromatic N) is 1. The van der Waals surface area contributed by atoms with Crippen molar-refractivity contribution >= 4 is 17.7 Å². The van der Waals surface area contributed by atoms with Crippen LogP contribution in [0.5, 0.6) is 0 Å². The van der Waals surface area contributed by atoms with Gasteiger partial charge in [0.25, 0.3) is 0 Å². The highest BCUT2D eigenvalue weighted by molar-refractivity contribution is 5.89. The third kappa shape index (κ3) is 3.17. The molecule has 0 aromatic heterocycles. The van der Waals surface area contributed by atoms with Gasteiger partial charge in [0, 0.05) is 18.8 Å². The summed E-state index contributed by atoms with van der Waals surface area (Å²) in [4.78, 5) is 24.8. The van der Waals surface area contributed by atoms with Crippen molar-refractivity contribution in [3.63, 3.8) is 0 Å². The number of likely N-dealkylation sites (tertiary alicyclic amines) is 1. The Balaban J connectivity index is 1.56. The van der Waals surface area contributed by atoms with Gasteiger partial charge in [-0.05, 0) is 42.4 Å². The molecule has 1 aliphatic heterocycles. The van der Waals surface area contributed by atoms with Gasteiger partial charge in [-0.3, -0.25) is 4.79 Å². The van der Waals surface area contributed by atoms with E-state index >= 15 is 0 Å². The lowest BCUT2D eigenvalue weighted by atomic mass is 10.0. The third-order valence-electron chi connectivity index (χ3n) is 4.57. The topological polar surface area (TPSA) is 69.6 Å². The van der Waals surface area contributed by atoms with E-state index in [4.69, 9.17) is 5.11 Å². The number of urea groups is 1. The van der Waals surface area contributed by atoms with Crippen molar-refractivity contribution in [1.29, 1.82) is 0 Å². The molecular formula is C16H20N2O3. The number of benzene rings is 1. The van der Waals surface area contributed by atoms with Crippen molar-refractivity contribution in [2.75, 3.05) is 18.4 Å². The number of carbonyl (C=O) groups is 2. The summed E-state index contributed by atoms with van der Waals surface area (Å²) in [5.74, 6) is 0.526. The van der Waals surface area contributed by atoms with E-state index in [9.17, 15) is 9.59 Å². The Bertz CT molecular complexity index is 529. The third-order valence-corrected chi connectivity index (χ3v) is 4.57. The molecule has 1 saturated heterocycles. The second-order valence-corrected chi connectivity index (χ2v) is 6.05. The minimum atomic E-state index is -0.851. The summed E-state index contributed by atoms with van der Waals surface area (Å²) < 4.78 is 0. The van der Waals surface area contributed by atoms with E-state index in [0.717, 1.165) is 18.7 Å². The molecule has 2 fully saturated rings. The van der Waals surface area contributed by atoms with Crippen LogP contribution >= 0.6 is 0 Å². The Labute approximate surface area is 123 Å². The Kier molecular flexibility index (Phi) is 3.82. The molecule has 2 unspecified atom stereocenters. The summed E-state index contributed by atoms with van der Waals surface area (Å²) in [5, 5.41) is 11.6. The smallest absolute Gasteiger partial charge is 0.321 e. The minimum Gasteiger partial charge on any atom is -0.481 e. The standard InChI is InChI=1S/C16H20N2O3/c19-15(20)8-11-4-6-14(7-5-11)17-16(21)18-9-12-2-1-3-13(12)10-18/h4-7,12-13H,1-3,8-10H2,(H,17,21)(H,19,20). The number of fused-ring (bicyclic) bond motifs is 1. The second-order valence-electron chi connectivity index (χ2n) is 6.05. The maximum atomic E-state index is 12.2. The fraction of sp³-hybridized carbons (Fsp3) is 0.500. The summed E-state index contributed by atoms with van der Waals surface area (Å²) in [6.07, 6.45) is 3.80. The number of hydrogen-bond acceptors (Lipinski definition) is 2. The fourth-order valence-electron chi connectivity index (χ4n) is 3.48. The van der Waals surface area contributed by atoms with E-state index in [2.05, 4.69) is 5.32 Å². The van der Waals surface area contributed by atoms with Crippen LogP contribution in [0.1, 0.15) is 24.8 Å². The predicted molar refractivity (Wildman–Crippen MR) is 79.2 cm³/mol. The van der Waals surface area contributed by atoms with Gasteiger partial charge in [-0.2, -0.15) is 0 Å². The van der Waals surface area contributed by atoms with Crippen LogP contribution in [0, 0.1) is 11.8 Å². The van der Waals surface area contributed by atoms with Crippen LogP contribution in [0.15, 0.2) is 24.3 Å². The summed E-state index contributed by atoms with van der Waals surface area (Å²) in [6.45, 7) is 1.74. The second kappa shape index (κ2) is 5.76. The van der Waals surface area contributed by atoms with Crippen molar-refractivity contribution in [3.05, 3.63) is 29.8 Å². The lowest BCUT2D eigenvalue weighted by Crippen LogP contribution is -2.33. The van der Waals surface area contributed by atoms with Gasteiger partial charge in [-0.25, -0.2) is 4.79 Å². The zero-order valence-electron chi connectivity index (χ0n) is 11.9. The molecule has 2 amide bonds. The van der Waals surface area contributed by atoms with Gasteiger partial charge in [-0.1, -0.05) is 18.6 Å². The first-order valence-corrected chi connectivity index (χ1v) is 7.48. The van der Waals surface area contributed by atoms with Crippen LogP contribution in [0.3, 0.4) is 0 Å². The molecule has 0 radical (unpaired) electrons. The molecule has 2 N–H and O–H groups in total. The van der Waals surface area contributed by atoms with Crippen molar-refractivity contribution in [3.8, 4) is 0 Å². The number of carbonyl (C=O) groups excluding carboxylic acids is 1. The van der Waals surface area contributed by atoms with E-state index in [1.165, 1.54) is 19.3 Å². The zero-order chi connectivity index (χ0) is 14.8. The number of rotatable bonds is 3. The van der Waals surface area contributed by atoms with E-state index in [1.807, 2.05) is 4.90 Å². The predicted octanol–water partition coefficient (Wildman–Crippen LogP) is 2.58. The summed E-state index contributed by atoms with van der Waals surface area (Å²) >= 11 is 0. The molecule has 1 aromatic rings. The number of hydrogen-bond donors (Lipinski definition) is 2. The lowest BCUT2D eigenvalue weighted by molar-refractivity contribution is -0.136. The van der Waals surface area contributed by atoms with Gasteiger partial charge in [-0.15, -0.1) is 0 Å². The molecule has 1 aromatic carbocycles. The molecular weight excluding hydrogens is 268 g/mol. The fourth-order valence-corrected chi connectivity index (χ4v) is 3.48. The molecule has 3 rings (SSSR count). The molecule has 0 spiro atoms. The molecule has 2 aliphatic rings. The van der Waals surface area contributed by atoms with Crippen molar-refractivity contribution in [2.24, 2.45) is 11.8 Å². The maximum Gasteiger partial charge on any atom is 0.321 e. The average Bonchev–Trinajstić information content (AvgIpc) is 3.01. The molecule has 1 heterocycles. The lowest BCUT2D eigenvalue weighted by Gasteiger charge is -2.18. The van der Waals surface area contributed by atoms with E-state index in [0.29, 0.717) is 17.5 Å². The first-order chi connectivity index (χ1) is 10.1. The van der Waals surface area contributed by atoms with E-state index in [-0.39, 0.29) is 12.5 Å². The molecule has 5 nitrogen and oxygen atoms in total. The van der Waals surface area contributed by atoms with Crippen molar-refractivity contribution < 1.29 is 14.7 Å². The monoisotopic (exact) mass is 288 g/mol. The SMILES string of the molecule is O=C(O)Cc1ccc(NC(=O)N2CC3CCCC3C2)cc1. The Morgan fingerprint density at radius 3 is 2.33 bits per heavy atom. The van der Waals surface area contributed by atoms with Crippen LogP contribution in [-0.2, 0) is 11.2 Å². The Hall–Kier alpha value is -2.04. The number of nitrogens with one attached hydrogen (secondary N) is 1. The van der Waals surface area contributed by atoms with Crippen LogP contribution < -0.4 is 5.32 Å². The summed E-state index contributed by atoms with van der Waals surface area (Å²) in [7, 11) is 0. The number of anilines is 1. The molecule has 112 valence electrons. The molecule has 1 saturated carbocycles. The first kappa shape index (κ1) is 13.9. The Morgan fingerprint density at radius 2 is 1.76 bits per heavy atom. The number of aliphatic carboxylic acids is 1. The number of amides is 2.